The number of unbranched alkanes of at least 4 members (excludes halogenated alkanes) is 30. The van der Waals surface area contributed by atoms with E-state index in [0.29, 0.717) is 0 Å². The van der Waals surface area contributed by atoms with Gasteiger partial charge in [0.25, 0.3) is 0 Å². The Morgan fingerprint density at radius 2 is 0.508 bits per heavy atom. The van der Waals surface area contributed by atoms with Crippen molar-refractivity contribution in [3.63, 3.8) is 0 Å². The second-order valence-corrected chi connectivity index (χ2v) is 18.1. The van der Waals surface area contributed by atoms with E-state index in [0.717, 1.165) is 37.1 Å². The minimum atomic E-state index is 0. The molecule has 0 radical (unpaired) electrons. The van der Waals surface area contributed by atoms with Crippen LogP contribution in [0, 0.1) is 0 Å². The van der Waals surface area contributed by atoms with Crippen LogP contribution in [0.5, 0.6) is 0 Å². The van der Waals surface area contributed by atoms with Gasteiger partial charge in [-0.25, -0.2) is 0 Å². The fourth-order valence-electron chi connectivity index (χ4n) is 8.40. The summed E-state index contributed by atoms with van der Waals surface area (Å²) in [4.78, 5) is 10.5. The van der Waals surface area contributed by atoms with E-state index in [4.69, 9.17) is 9.98 Å². The molecular weight excluding hydrogens is 759 g/mol. The first-order valence-corrected chi connectivity index (χ1v) is 26.0. The van der Waals surface area contributed by atoms with Crippen molar-refractivity contribution < 1.29 is 16.5 Å². The molecule has 0 spiro atoms. The van der Waals surface area contributed by atoms with E-state index in [1.54, 1.807) is 0 Å². The van der Waals surface area contributed by atoms with Crippen molar-refractivity contribution >= 4 is 22.8 Å². The van der Waals surface area contributed by atoms with Gasteiger partial charge in [-0.2, -0.15) is 0 Å². The Morgan fingerprint density at radius 3 is 0.746 bits per heavy atom. The maximum atomic E-state index is 5.27. The zero-order valence-electron chi connectivity index (χ0n) is 39.7. The van der Waals surface area contributed by atoms with E-state index in [2.05, 4.69) is 76.2 Å². The van der Waals surface area contributed by atoms with Gasteiger partial charge in [-0.1, -0.05) is 245 Å². The van der Waals surface area contributed by atoms with Crippen LogP contribution >= 0.6 is 0 Å². The maximum Gasteiger partial charge on any atom is 0.0633 e. The zero-order valence-corrected chi connectivity index (χ0v) is 40.7. The molecule has 2 aromatic carbocycles. The van der Waals surface area contributed by atoms with Crippen molar-refractivity contribution in [1.29, 1.82) is 0 Å². The van der Waals surface area contributed by atoms with E-state index < -0.39 is 0 Å². The summed E-state index contributed by atoms with van der Waals surface area (Å²) < 4.78 is 0. The summed E-state index contributed by atoms with van der Waals surface area (Å²) in [5, 5.41) is 0. The molecule has 0 heterocycles. The number of rotatable bonds is 41. The van der Waals surface area contributed by atoms with Gasteiger partial charge in [0, 0.05) is 16.5 Å². The molecule has 0 aliphatic carbocycles. The average molecular weight is 856 g/mol. The van der Waals surface area contributed by atoms with Crippen molar-refractivity contribution in [3.05, 3.63) is 59.7 Å². The number of hydrogen-bond acceptors (Lipinski definition) is 2. The molecule has 0 saturated carbocycles. The van der Waals surface area contributed by atoms with E-state index in [1.807, 2.05) is 0 Å². The molecule has 0 unspecified atom stereocenters. The largest absolute Gasteiger partial charge is 0.252 e. The third-order valence-corrected chi connectivity index (χ3v) is 12.4. The van der Waals surface area contributed by atoms with Crippen molar-refractivity contribution in [1.82, 2.24) is 0 Å². The van der Waals surface area contributed by atoms with Crippen LogP contribution in [0.1, 0.15) is 270 Å². The van der Waals surface area contributed by atoms with Gasteiger partial charge in [0.2, 0.25) is 0 Å². The molecule has 3 heteroatoms. The Labute approximate surface area is 378 Å². The number of hydrogen-bond donors (Lipinski definition) is 0. The van der Waals surface area contributed by atoms with Crippen LogP contribution in [-0.4, -0.2) is 11.4 Å². The normalized spacial score (nSPS) is 12.0. The van der Waals surface area contributed by atoms with Crippen LogP contribution < -0.4 is 0 Å². The summed E-state index contributed by atoms with van der Waals surface area (Å²) in [5.41, 5.74) is 7.43. The fourth-order valence-corrected chi connectivity index (χ4v) is 8.40. The number of benzene rings is 2. The Balaban J connectivity index is 0.0000174. The number of aryl methyl sites for hydroxylation is 2. The van der Waals surface area contributed by atoms with Crippen LogP contribution in [0.25, 0.3) is 0 Å². The molecule has 0 amide bonds. The number of nitrogens with zero attached hydrogens (tertiary/aromatic N) is 2. The SMILES string of the molecule is CCCCCCCCCCCCCCCCCc1ccc(N=C(CCCC)C(CCCC)=Nc2ccc(CCCCCCCCCCCCCCCCC)cc2)cc1.[Ni]. The summed E-state index contributed by atoms with van der Waals surface area (Å²) in [5.74, 6) is 0. The smallest absolute Gasteiger partial charge is 0.0633 e. The van der Waals surface area contributed by atoms with Crippen molar-refractivity contribution in [2.45, 2.75) is 272 Å². The average Bonchev–Trinajstić information content (AvgIpc) is 3.24. The first kappa shape index (κ1) is 55.3. The van der Waals surface area contributed by atoms with Gasteiger partial charge in [-0.05, 0) is 86.8 Å². The van der Waals surface area contributed by atoms with Crippen molar-refractivity contribution in [2.24, 2.45) is 9.98 Å². The first-order chi connectivity index (χ1) is 28.7. The summed E-state index contributed by atoms with van der Waals surface area (Å²) >= 11 is 0. The molecule has 0 aliphatic heterocycles. The van der Waals surface area contributed by atoms with Gasteiger partial charge < -0.3 is 0 Å². The van der Waals surface area contributed by atoms with Gasteiger partial charge in [0.15, 0.2) is 0 Å². The minimum Gasteiger partial charge on any atom is -0.252 e. The second-order valence-electron chi connectivity index (χ2n) is 18.1. The molecular formula is C56H96N2Ni. The molecule has 2 rings (SSSR count). The molecule has 0 N–H and O–H groups in total. The summed E-state index contributed by atoms with van der Waals surface area (Å²) in [7, 11) is 0. The van der Waals surface area contributed by atoms with E-state index in [-0.39, 0.29) is 16.5 Å². The second kappa shape index (κ2) is 41.6. The van der Waals surface area contributed by atoms with Gasteiger partial charge in [-0.3, -0.25) is 9.98 Å². The molecule has 0 bridgehead atoms. The molecule has 0 aromatic heterocycles. The van der Waals surface area contributed by atoms with Crippen molar-refractivity contribution in [2.75, 3.05) is 0 Å². The monoisotopic (exact) mass is 855 g/mol. The molecule has 59 heavy (non-hydrogen) atoms. The van der Waals surface area contributed by atoms with Gasteiger partial charge in [0.05, 0.1) is 22.8 Å². The predicted octanol–water partition coefficient (Wildman–Crippen LogP) is 19.7. The van der Waals surface area contributed by atoms with E-state index in [9.17, 15) is 0 Å². The molecule has 0 atom stereocenters. The molecule has 0 aliphatic rings. The molecule has 2 nitrogen and oxygen atoms in total. The Morgan fingerprint density at radius 1 is 0.288 bits per heavy atom. The van der Waals surface area contributed by atoms with Crippen molar-refractivity contribution in [3.8, 4) is 0 Å². The molecule has 2 aromatic rings. The van der Waals surface area contributed by atoms with Crippen LogP contribution in [0.3, 0.4) is 0 Å². The quantitative estimate of drug-likeness (QED) is 0.0362. The Hall–Kier alpha value is -1.73. The van der Waals surface area contributed by atoms with Gasteiger partial charge in [0.1, 0.15) is 0 Å². The van der Waals surface area contributed by atoms with E-state index in [1.165, 1.54) is 241 Å². The fraction of sp³-hybridized carbons (Fsp3) is 0.750. The Bertz CT molecular complexity index is 1130. The standard InChI is InChI=1S/C56H96N2.Ni/c1-5-9-13-15-17-19-21-23-25-27-29-31-33-35-37-39-51-43-47-53(48-44-51)57-55(41-11-7-3)56(42-12-8-4)58-54-49-45-52(46-50-54)40-38-36-34-32-30-28-26-24-22-20-18-16-14-10-6-2;/h43-50H,5-42H2,1-4H3;. The topological polar surface area (TPSA) is 24.7 Å². The van der Waals surface area contributed by atoms with Crippen LogP contribution in [0.15, 0.2) is 58.5 Å². The molecule has 0 saturated heterocycles. The van der Waals surface area contributed by atoms with Gasteiger partial charge >= 0.3 is 0 Å². The predicted molar refractivity (Wildman–Crippen MR) is 263 cm³/mol. The van der Waals surface area contributed by atoms with Crippen LogP contribution in [0.2, 0.25) is 0 Å². The molecule has 340 valence electrons. The summed E-state index contributed by atoms with van der Waals surface area (Å²) in [6.07, 6.45) is 51.6. The van der Waals surface area contributed by atoms with E-state index >= 15 is 0 Å². The minimum absolute atomic E-state index is 0. The summed E-state index contributed by atoms with van der Waals surface area (Å²) in [6.45, 7) is 9.17. The third-order valence-electron chi connectivity index (χ3n) is 12.4. The third kappa shape index (κ3) is 31.7. The Kier molecular flexibility index (Phi) is 39.0. The summed E-state index contributed by atoms with van der Waals surface area (Å²) in [6, 6.07) is 18.3. The van der Waals surface area contributed by atoms with Crippen LogP contribution in [-0.2, 0) is 29.3 Å². The molecule has 0 fully saturated rings. The van der Waals surface area contributed by atoms with Gasteiger partial charge in [-0.15, -0.1) is 0 Å². The zero-order chi connectivity index (χ0) is 41.4. The first-order valence-electron chi connectivity index (χ1n) is 26.0. The maximum absolute atomic E-state index is 5.27. The van der Waals surface area contributed by atoms with Crippen LogP contribution in [0.4, 0.5) is 11.4 Å². The number of aliphatic imine (C=N–C) groups is 2.